The molecule has 2 rings (SSSR count). The van der Waals surface area contributed by atoms with Crippen molar-refractivity contribution < 1.29 is 22.6 Å². The summed E-state index contributed by atoms with van der Waals surface area (Å²) >= 11 is 0. The fourth-order valence-electron chi connectivity index (χ4n) is 1.57. The molecule has 2 nitrogen and oxygen atoms in total. The van der Waals surface area contributed by atoms with E-state index >= 15 is 0 Å². The predicted molar refractivity (Wildman–Crippen MR) is 51.5 cm³/mol. The molecule has 1 aromatic carbocycles. The number of hydrogen-bond acceptors (Lipinski definition) is 2. The Morgan fingerprint density at radius 1 is 1.25 bits per heavy atom. The SMILES string of the molecule is C=CCc1cc2c(cc1C(F)(F)F)OCO2. The Bertz CT molecular complexity index is 424. The smallest absolute Gasteiger partial charge is 0.416 e. The van der Waals surface area contributed by atoms with E-state index in [2.05, 4.69) is 6.58 Å². The summed E-state index contributed by atoms with van der Waals surface area (Å²) in [6, 6.07) is 2.33. The van der Waals surface area contributed by atoms with Crippen LogP contribution in [0, 0.1) is 0 Å². The van der Waals surface area contributed by atoms with Gasteiger partial charge in [-0.15, -0.1) is 6.58 Å². The molecule has 0 spiro atoms. The number of rotatable bonds is 2. The first-order valence-electron chi connectivity index (χ1n) is 4.63. The van der Waals surface area contributed by atoms with Gasteiger partial charge >= 0.3 is 6.18 Å². The van der Waals surface area contributed by atoms with Gasteiger partial charge in [0.25, 0.3) is 0 Å². The van der Waals surface area contributed by atoms with Crippen LogP contribution in [0.15, 0.2) is 24.8 Å². The summed E-state index contributed by atoms with van der Waals surface area (Å²) in [5.41, 5.74) is -0.552. The maximum absolute atomic E-state index is 12.7. The third kappa shape index (κ3) is 1.85. The van der Waals surface area contributed by atoms with Crippen molar-refractivity contribution >= 4 is 0 Å². The summed E-state index contributed by atoms with van der Waals surface area (Å²) < 4.78 is 48.1. The average molecular weight is 230 g/mol. The number of fused-ring (bicyclic) bond motifs is 1. The van der Waals surface area contributed by atoms with Crippen LogP contribution in [0.1, 0.15) is 11.1 Å². The summed E-state index contributed by atoms with van der Waals surface area (Å²) in [7, 11) is 0. The number of alkyl halides is 3. The van der Waals surface area contributed by atoms with Gasteiger partial charge in [-0.05, 0) is 24.1 Å². The molecule has 0 amide bonds. The molecule has 16 heavy (non-hydrogen) atoms. The fourth-order valence-corrected chi connectivity index (χ4v) is 1.57. The zero-order valence-corrected chi connectivity index (χ0v) is 8.30. The van der Waals surface area contributed by atoms with Gasteiger partial charge in [-0.1, -0.05) is 6.08 Å². The molecule has 1 aromatic rings. The molecule has 0 bridgehead atoms. The second-order valence-electron chi connectivity index (χ2n) is 3.35. The van der Waals surface area contributed by atoms with Gasteiger partial charge in [0, 0.05) is 0 Å². The van der Waals surface area contributed by atoms with Crippen LogP contribution in [0.25, 0.3) is 0 Å². The Balaban J connectivity index is 2.52. The first-order chi connectivity index (χ1) is 7.52. The number of halogens is 3. The molecule has 1 aliphatic heterocycles. The average Bonchev–Trinajstić information content (AvgIpc) is 2.62. The lowest BCUT2D eigenvalue weighted by atomic mass is 10.0. The summed E-state index contributed by atoms with van der Waals surface area (Å²) in [6.07, 6.45) is -2.82. The quantitative estimate of drug-likeness (QED) is 0.726. The lowest BCUT2D eigenvalue weighted by Gasteiger charge is -2.12. The minimum absolute atomic E-state index is 0.0375. The minimum Gasteiger partial charge on any atom is -0.454 e. The van der Waals surface area contributed by atoms with E-state index in [1.165, 1.54) is 12.1 Å². The van der Waals surface area contributed by atoms with Crippen molar-refractivity contribution in [3.8, 4) is 11.5 Å². The van der Waals surface area contributed by atoms with Crippen LogP contribution in [0.3, 0.4) is 0 Å². The highest BCUT2D eigenvalue weighted by Crippen LogP contribution is 2.41. The lowest BCUT2D eigenvalue weighted by molar-refractivity contribution is -0.138. The summed E-state index contributed by atoms with van der Waals surface area (Å²) in [5, 5.41) is 0. The highest BCUT2D eigenvalue weighted by molar-refractivity contribution is 5.50. The van der Waals surface area contributed by atoms with Gasteiger partial charge in [-0.3, -0.25) is 0 Å². The van der Waals surface area contributed by atoms with Gasteiger partial charge in [-0.25, -0.2) is 0 Å². The molecule has 0 N–H and O–H groups in total. The number of ether oxygens (including phenoxy) is 2. The molecular weight excluding hydrogens is 221 g/mol. The van der Waals surface area contributed by atoms with E-state index in [0.717, 1.165) is 6.07 Å². The van der Waals surface area contributed by atoms with E-state index in [0.29, 0.717) is 5.75 Å². The molecule has 1 aliphatic rings. The molecule has 1 heterocycles. The Morgan fingerprint density at radius 2 is 1.88 bits per heavy atom. The fraction of sp³-hybridized carbons (Fsp3) is 0.273. The molecule has 0 radical (unpaired) electrons. The second-order valence-corrected chi connectivity index (χ2v) is 3.35. The van der Waals surface area contributed by atoms with Crippen LogP contribution in [0.2, 0.25) is 0 Å². The van der Waals surface area contributed by atoms with Crippen LogP contribution >= 0.6 is 0 Å². The van der Waals surface area contributed by atoms with E-state index in [-0.39, 0.29) is 24.5 Å². The zero-order valence-electron chi connectivity index (χ0n) is 8.30. The summed E-state index contributed by atoms with van der Waals surface area (Å²) in [4.78, 5) is 0. The molecule has 5 heteroatoms. The van der Waals surface area contributed by atoms with E-state index in [1.807, 2.05) is 0 Å². The van der Waals surface area contributed by atoms with Gasteiger partial charge < -0.3 is 9.47 Å². The maximum atomic E-state index is 12.7. The Hall–Kier alpha value is -1.65. The molecular formula is C11H9F3O2. The number of benzene rings is 1. The summed E-state index contributed by atoms with van der Waals surface area (Å²) in [5.74, 6) is 0.491. The Kier molecular flexibility index (Phi) is 2.53. The normalized spacial score (nSPS) is 13.9. The maximum Gasteiger partial charge on any atom is 0.416 e. The highest BCUT2D eigenvalue weighted by Gasteiger charge is 2.35. The topological polar surface area (TPSA) is 18.5 Å². The van der Waals surface area contributed by atoms with Gasteiger partial charge in [0.05, 0.1) is 5.56 Å². The highest BCUT2D eigenvalue weighted by atomic mass is 19.4. The Morgan fingerprint density at radius 3 is 2.44 bits per heavy atom. The summed E-state index contributed by atoms with van der Waals surface area (Å²) in [6.45, 7) is 3.40. The molecule has 0 atom stereocenters. The molecule has 0 saturated carbocycles. The molecule has 0 fully saturated rings. The largest absolute Gasteiger partial charge is 0.454 e. The van der Waals surface area contributed by atoms with Crippen molar-refractivity contribution in [3.63, 3.8) is 0 Å². The third-order valence-electron chi connectivity index (χ3n) is 2.27. The monoisotopic (exact) mass is 230 g/mol. The molecule has 86 valence electrons. The predicted octanol–water partition coefficient (Wildman–Crippen LogP) is 3.16. The lowest BCUT2D eigenvalue weighted by Crippen LogP contribution is -2.08. The number of allylic oxidation sites excluding steroid dienone is 1. The second kappa shape index (κ2) is 3.73. The molecule has 0 saturated heterocycles. The first kappa shape index (κ1) is 10.9. The van der Waals surface area contributed by atoms with Crippen molar-refractivity contribution in [3.05, 3.63) is 35.9 Å². The number of hydrogen-bond donors (Lipinski definition) is 0. The van der Waals surface area contributed by atoms with E-state index in [9.17, 15) is 13.2 Å². The van der Waals surface area contributed by atoms with Crippen molar-refractivity contribution in [2.45, 2.75) is 12.6 Å². The minimum atomic E-state index is -4.39. The van der Waals surface area contributed by atoms with E-state index in [4.69, 9.17) is 9.47 Å². The van der Waals surface area contributed by atoms with Gasteiger partial charge in [0.1, 0.15) is 0 Å². The van der Waals surface area contributed by atoms with Crippen LogP contribution < -0.4 is 9.47 Å². The molecule has 0 unspecified atom stereocenters. The van der Waals surface area contributed by atoms with Crippen LogP contribution in [0.4, 0.5) is 13.2 Å². The molecule has 0 aromatic heterocycles. The standard InChI is InChI=1S/C11H9F3O2/c1-2-3-7-4-9-10(16-6-15-9)5-8(7)11(12,13)14/h2,4-5H,1,3,6H2. The first-order valence-corrected chi connectivity index (χ1v) is 4.63. The third-order valence-corrected chi connectivity index (χ3v) is 2.27. The van der Waals surface area contributed by atoms with Crippen LogP contribution in [-0.2, 0) is 12.6 Å². The van der Waals surface area contributed by atoms with Crippen molar-refractivity contribution in [2.24, 2.45) is 0 Å². The van der Waals surface area contributed by atoms with E-state index < -0.39 is 11.7 Å². The van der Waals surface area contributed by atoms with Gasteiger partial charge in [0.2, 0.25) is 6.79 Å². The van der Waals surface area contributed by atoms with Crippen molar-refractivity contribution in [1.29, 1.82) is 0 Å². The van der Waals surface area contributed by atoms with Crippen LogP contribution in [-0.4, -0.2) is 6.79 Å². The van der Waals surface area contributed by atoms with Gasteiger partial charge in [-0.2, -0.15) is 13.2 Å². The van der Waals surface area contributed by atoms with E-state index in [1.54, 1.807) is 0 Å². The van der Waals surface area contributed by atoms with Crippen LogP contribution in [0.5, 0.6) is 11.5 Å². The van der Waals surface area contributed by atoms with Crippen molar-refractivity contribution in [2.75, 3.05) is 6.79 Å². The van der Waals surface area contributed by atoms with Crippen molar-refractivity contribution in [1.82, 2.24) is 0 Å². The van der Waals surface area contributed by atoms with Gasteiger partial charge in [0.15, 0.2) is 11.5 Å². The molecule has 0 aliphatic carbocycles. The zero-order chi connectivity index (χ0) is 11.8. The Labute approximate surface area is 90.3 Å².